The van der Waals surface area contributed by atoms with Crippen molar-refractivity contribution in [2.45, 2.75) is 141 Å². The third-order valence-electron chi connectivity index (χ3n) is 8.84. The normalized spacial score (nSPS) is 30.2. The fourth-order valence-corrected chi connectivity index (χ4v) is 6.79. The van der Waals surface area contributed by atoms with Crippen LogP contribution >= 0.6 is 0 Å². The lowest BCUT2D eigenvalue weighted by atomic mass is 10.0. The molecule has 1 saturated carbocycles. The number of nitrogens with zero attached hydrogens (tertiary/aromatic N) is 1. The summed E-state index contributed by atoms with van der Waals surface area (Å²) in [4.78, 5) is 55.5. The molecule has 42 heavy (non-hydrogen) atoms. The number of nitrogens with one attached hydrogen (secondary N) is 2. The highest BCUT2D eigenvalue weighted by Crippen LogP contribution is 2.46. The van der Waals surface area contributed by atoms with Crippen molar-refractivity contribution in [3.05, 3.63) is 12.2 Å². The number of carbonyl (C=O) groups excluding carboxylic acids is 4. The summed E-state index contributed by atoms with van der Waals surface area (Å²) in [6, 6.07) is -1.70. The van der Waals surface area contributed by atoms with Crippen LogP contribution in [0.25, 0.3) is 0 Å². The number of allylic oxidation sites excluding steroid dienone is 1. The molecule has 2 aliphatic heterocycles. The highest BCUT2D eigenvalue weighted by molar-refractivity contribution is 6.74. The molecule has 0 aromatic rings. The summed E-state index contributed by atoms with van der Waals surface area (Å²) in [6.45, 7) is 18.2. The van der Waals surface area contributed by atoms with Crippen molar-refractivity contribution < 1.29 is 33.1 Å². The van der Waals surface area contributed by atoms with Gasteiger partial charge in [0, 0.05) is 18.9 Å². The van der Waals surface area contributed by atoms with Gasteiger partial charge < -0.3 is 29.4 Å². The van der Waals surface area contributed by atoms with Gasteiger partial charge in [-0.15, -0.1) is 0 Å². The lowest BCUT2D eigenvalue weighted by Crippen LogP contribution is -2.56. The molecule has 0 radical (unpaired) electrons. The fourth-order valence-electron chi connectivity index (χ4n) is 5.44. The van der Waals surface area contributed by atoms with Crippen LogP contribution in [0.15, 0.2) is 12.2 Å². The average molecular weight is 608 g/mol. The molecule has 3 aliphatic rings. The first-order valence-corrected chi connectivity index (χ1v) is 18.4. The van der Waals surface area contributed by atoms with Crippen LogP contribution in [0.2, 0.25) is 18.1 Å². The second kappa shape index (κ2) is 13.1. The standard InChI is InChI=1S/C31H53N3O7Si/c1-10-39-27(37)31-19-21(31)16-14-12-11-13-15-17-23(32-28(38)40-29(2,3)4)26(36)34-20-22(18-24(34)25(35)33-31)41-42(8,9)30(5,6)7/h14,16,21-24H,10-13,15,17-20H2,1-9H3,(H,32,38)(H,33,35)/b16-14-/t21-,22-,23+,24+,31-/m1/s1. The van der Waals surface area contributed by atoms with Crippen molar-refractivity contribution in [3.8, 4) is 0 Å². The summed E-state index contributed by atoms with van der Waals surface area (Å²) in [5, 5.41) is 5.73. The summed E-state index contributed by atoms with van der Waals surface area (Å²) in [7, 11) is -2.22. The van der Waals surface area contributed by atoms with Gasteiger partial charge in [-0.25, -0.2) is 9.59 Å². The maximum absolute atomic E-state index is 14.2. The number of esters is 1. The Morgan fingerprint density at radius 3 is 2.43 bits per heavy atom. The molecule has 3 rings (SSSR count). The summed E-state index contributed by atoms with van der Waals surface area (Å²) in [5.41, 5.74) is -1.86. The van der Waals surface area contributed by atoms with E-state index >= 15 is 0 Å². The molecule has 2 heterocycles. The minimum Gasteiger partial charge on any atom is -0.464 e. The minimum atomic E-state index is -2.22. The number of alkyl carbamates (subject to hydrolysis) is 1. The SMILES string of the molecule is CCOC(=O)[C@@]12C[C@H]1/C=C\CCCCC[C@H](NC(=O)OC(C)(C)C)C(=O)N1C[C@H](O[Si](C)(C)C(C)(C)C)C[C@H]1C(=O)N2. The zero-order chi connectivity index (χ0) is 31.5. The number of amides is 3. The molecule has 1 saturated heterocycles. The fraction of sp³-hybridized carbons (Fsp3) is 0.806. The summed E-state index contributed by atoms with van der Waals surface area (Å²) in [5.74, 6) is -1.35. The molecule has 0 bridgehead atoms. The molecule has 0 aromatic carbocycles. The number of hydrogen-bond acceptors (Lipinski definition) is 7. The van der Waals surface area contributed by atoms with Crippen molar-refractivity contribution >= 4 is 32.2 Å². The highest BCUT2D eigenvalue weighted by atomic mass is 28.4. The largest absolute Gasteiger partial charge is 0.464 e. The van der Waals surface area contributed by atoms with E-state index in [1.165, 1.54) is 0 Å². The van der Waals surface area contributed by atoms with Crippen LogP contribution in [-0.4, -0.2) is 79.6 Å². The van der Waals surface area contributed by atoms with Crippen LogP contribution in [0, 0.1) is 5.92 Å². The first-order chi connectivity index (χ1) is 19.4. The smallest absolute Gasteiger partial charge is 0.408 e. The third kappa shape index (κ3) is 8.36. The molecule has 11 heteroatoms. The van der Waals surface area contributed by atoms with Gasteiger partial charge in [0.15, 0.2) is 8.32 Å². The first kappa shape index (κ1) is 34.1. The monoisotopic (exact) mass is 607 g/mol. The van der Waals surface area contributed by atoms with Crippen molar-refractivity contribution in [2.24, 2.45) is 5.92 Å². The third-order valence-corrected chi connectivity index (χ3v) is 13.4. The molecule has 3 amide bonds. The Hall–Kier alpha value is -2.40. The quantitative estimate of drug-likeness (QED) is 0.261. The molecular weight excluding hydrogens is 554 g/mol. The summed E-state index contributed by atoms with van der Waals surface area (Å²) < 4.78 is 17.5. The van der Waals surface area contributed by atoms with Crippen molar-refractivity contribution in [3.63, 3.8) is 0 Å². The molecule has 5 atom stereocenters. The van der Waals surface area contributed by atoms with Crippen molar-refractivity contribution in [1.29, 1.82) is 0 Å². The van der Waals surface area contributed by atoms with Gasteiger partial charge in [-0.1, -0.05) is 45.8 Å². The molecule has 2 fully saturated rings. The van der Waals surface area contributed by atoms with Gasteiger partial charge in [-0.05, 0) is 71.5 Å². The van der Waals surface area contributed by atoms with Crippen LogP contribution in [0.1, 0.15) is 93.4 Å². The van der Waals surface area contributed by atoms with Gasteiger partial charge in [-0.2, -0.15) is 0 Å². The maximum atomic E-state index is 14.2. The van der Waals surface area contributed by atoms with Gasteiger partial charge in [0.1, 0.15) is 23.2 Å². The zero-order valence-corrected chi connectivity index (χ0v) is 28.1. The Labute approximate surface area is 252 Å². The number of fused-ring (bicyclic) bond motifs is 2. The molecule has 0 aromatic heterocycles. The molecule has 238 valence electrons. The van der Waals surface area contributed by atoms with E-state index in [9.17, 15) is 19.2 Å². The average Bonchev–Trinajstić information content (AvgIpc) is 3.38. The van der Waals surface area contributed by atoms with E-state index < -0.39 is 49.5 Å². The van der Waals surface area contributed by atoms with Crippen LogP contribution in [-0.2, 0) is 28.3 Å². The molecule has 0 unspecified atom stereocenters. The second-order valence-corrected chi connectivity index (χ2v) is 19.3. The van der Waals surface area contributed by atoms with Gasteiger partial charge in [0.2, 0.25) is 11.8 Å². The molecular formula is C31H53N3O7Si. The molecule has 10 nitrogen and oxygen atoms in total. The van der Waals surface area contributed by atoms with Gasteiger partial charge in [0.25, 0.3) is 0 Å². The lowest BCUT2D eigenvalue weighted by molar-refractivity contribution is -0.150. The van der Waals surface area contributed by atoms with Gasteiger partial charge >= 0.3 is 12.1 Å². The maximum Gasteiger partial charge on any atom is 0.408 e. The number of rotatable bonds is 5. The van der Waals surface area contributed by atoms with E-state index in [1.54, 1.807) is 32.6 Å². The Morgan fingerprint density at radius 2 is 1.81 bits per heavy atom. The number of hydrogen-bond donors (Lipinski definition) is 2. The summed E-state index contributed by atoms with van der Waals surface area (Å²) in [6.07, 6.45) is 7.57. The first-order valence-electron chi connectivity index (χ1n) is 15.5. The molecule has 0 spiro atoms. The van der Waals surface area contributed by atoms with Crippen LogP contribution in [0.4, 0.5) is 4.79 Å². The Kier molecular flexibility index (Phi) is 10.6. The number of ether oxygens (including phenoxy) is 2. The van der Waals surface area contributed by atoms with E-state index in [2.05, 4.69) is 50.6 Å². The van der Waals surface area contributed by atoms with Crippen LogP contribution in [0.5, 0.6) is 0 Å². The Bertz CT molecular complexity index is 1050. The van der Waals surface area contributed by atoms with Gasteiger partial charge in [-0.3, -0.25) is 9.59 Å². The van der Waals surface area contributed by atoms with E-state index in [0.717, 1.165) is 25.7 Å². The molecule has 2 N–H and O–H groups in total. The predicted octanol–water partition coefficient (Wildman–Crippen LogP) is 4.83. The van der Waals surface area contributed by atoms with Gasteiger partial charge in [0.05, 0.1) is 12.7 Å². The minimum absolute atomic E-state index is 0.0573. The molecule has 1 aliphatic carbocycles. The summed E-state index contributed by atoms with van der Waals surface area (Å²) >= 11 is 0. The zero-order valence-electron chi connectivity index (χ0n) is 27.1. The van der Waals surface area contributed by atoms with Crippen molar-refractivity contribution in [1.82, 2.24) is 15.5 Å². The van der Waals surface area contributed by atoms with E-state index in [4.69, 9.17) is 13.9 Å². The number of carbonyl (C=O) groups is 4. The van der Waals surface area contributed by atoms with E-state index in [0.29, 0.717) is 19.3 Å². The highest BCUT2D eigenvalue weighted by Gasteiger charge is 2.62. The van der Waals surface area contributed by atoms with Crippen molar-refractivity contribution in [2.75, 3.05) is 13.2 Å². The Morgan fingerprint density at radius 1 is 1.12 bits per heavy atom. The van der Waals surface area contributed by atoms with E-state index in [1.807, 2.05) is 6.08 Å². The van der Waals surface area contributed by atoms with E-state index in [-0.39, 0.29) is 36.1 Å². The topological polar surface area (TPSA) is 123 Å². The predicted molar refractivity (Wildman–Crippen MR) is 163 cm³/mol. The van der Waals surface area contributed by atoms with Crippen LogP contribution < -0.4 is 10.6 Å². The van der Waals surface area contributed by atoms with Crippen LogP contribution in [0.3, 0.4) is 0 Å². The Balaban J connectivity index is 1.95. The second-order valence-electron chi connectivity index (χ2n) is 14.5. The lowest BCUT2D eigenvalue weighted by Gasteiger charge is -2.38.